The minimum Gasteiger partial charge on any atom is -0.487 e. The standard InChI is InChI=1S/C21H21FN2O4S/c22-15-6-2-3-7-16(15)27-11-12-28-18(25)9-10-24-13-23-20-19(21(24)26)14-5-1-4-8-17(14)29-20/h2-3,6-7,13H,1,4-5,8-12H2. The maximum Gasteiger partial charge on any atom is 0.307 e. The molecule has 0 radical (unpaired) electrons. The van der Waals surface area contributed by atoms with Gasteiger partial charge in [0, 0.05) is 11.4 Å². The second-order valence-corrected chi connectivity index (χ2v) is 7.97. The number of para-hydroxylation sites is 1. The molecule has 1 aliphatic carbocycles. The predicted octanol–water partition coefficient (Wildman–Crippen LogP) is 3.49. The lowest BCUT2D eigenvalue weighted by Crippen LogP contribution is -2.23. The van der Waals surface area contributed by atoms with Crippen molar-refractivity contribution in [1.29, 1.82) is 0 Å². The van der Waals surface area contributed by atoms with E-state index in [0.29, 0.717) is 5.39 Å². The number of esters is 1. The van der Waals surface area contributed by atoms with E-state index in [0.717, 1.165) is 36.1 Å². The van der Waals surface area contributed by atoms with Crippen molar-refractivity contribution >= 4 is 27.5 Å². The molecular weight excluding hydrogens is 395 g/mol. The molecule has 4 rings (SSSR count). The predicted molar refractivity (Wildman–Crippen MR) is 108 cm³/mol. The molecule has 0 fully saturated rings. The Morgan fingerprint density at radius 1 is 1.21 bits per heavy atom. The second-order valence-electron chi connectivity index (χ2n) is 6.88. The zero-order chi connectivity index (χ0) is 20.2. The quantitative estimate of drug-likeness (QED) is 0.436. The van der Waals surface area contributed by atoms with Gasteiger partial charge in [-0.25, -0.2) is 9.37 Å². The highest BCUT2D eigenvalue weighted by molar-refractivity contribution is 7.18. The van der Waals surface area contributed by atoms with Gasteiger partial charge in [0.1, 0.15) is 18.0 Å². The van der Waals surface area contributed by atoms with Gasteiger partial charge in [0.25, 0.3) is 5.56 Å². The van der Waals surface area contributed by atoms with Crippen LogP contribution >= 0.6 is 11.3 Å². The highest BCUT2D eigenvalue weighted by atomic mass is 32.1. The maximum atomic E-state index is 13.4. The van der Waals surface area contributed by atoms with Crippen molar-refractivity contribution in [2.45, 2.75) is 38.6 Å². The van der Waals surface area contributed by atoms with Crippen LogP contribution in [-0.4, -0.2) is 28.7 Å². The first-order valence-corrected chi connectivity index (χ1v) is 10.5. The Morgan fingerprint density at radius 2 is 2.03 bits per heavy atom. The summed E-state index contributed by atoms with van der Waals surface area (Å²) in [4.78, 5) is 31.3. The zero-order valence-electron chi connectivity index (χ0n) is 15.9. The van der Waals surface area contributed by atoms with E-state index in [1.165, 1.54) is 27.9 Å². The second kappa shape index (κ2) is 8.73. The molecule has 0 spiro atoms. The number of nitrogens with zero attached hydrogens (tertiary/aromatic N) is 2. The van der Waals surface area contributed by atoms with Crippen molar-refractivity contribution in [1.82, 2.24) is 9.55 Å². The van der Waals surface area contributed by atoms with Crippen molar-refractivity contribution in [2.24, 2.45) is 0 Å². The number of carbonyl (C=O) groups is 1. The Bertz CT molecular complexity index is 1090. The Morgan fingerprint density at radius 3 is 2.90 bits per heavy atom. The van der Waals surface area contributed by atoms with Crippen molar-refractivity contribution in [3.63, 3.8) is 0 Å². The van der Waals surface area contributed by atoms with Gasteiger partial charge in [-0.15, -0.1) is 11.3 Å². The van der Waals surface area contributed by atoms with Crippen LogP contribution < -0.4 is 10.3 Å². The number of benzene rings is 1. The molecule has 152 valence electrons. The molecule has 1 aromatic carbocycles. The first-order chi connectivity index (χ1) is 14.1. The number of halogens is 1. The van der Waals surface area contributed by atoms with E-state index in [-0.39, 0.29) is 37.5 Å². The lowest BCUT2D eigenvalue weighted by atomic mass is 9.97. The van der Waals surface area contributed by atoms with Crippen LogP contribution in [0.2, 0.25) is 0 Å². The van der Waals surface area contributed by atoms with Gasteiger partial charge in [0.05, 0.1) is 18.1 Å². The number of thiophene rings is 1. The van der Waals surface area contributed by atoms with E-state index >= 15 is 0 Å². The molecule has 0 unspecified atom stereocenters. The number of aromatic nitrogens is 2. The molecule has 1 aliphatic rings. The smallest absolute Gasteiger partial charge is 0.307 e. The summed E-state index contributed by atoms with van der Waals surface area (Å²) in [5, 5.41) is 0.707. The molecule has 0 saturated heterocycles. The SMILES string of the molecule is O=C(CCn1cnc2sc3c(c2c1=O)CCCC3)OCCOc1ccccc1F. The lowest BCUT2D eigenvalue weighted by Gasteiger charge is -2.10. The Kier molecular flexibility index (Phi) is 5.89. The molecule has 2 heterocycles. The topological polar surface area (TPSA) is 70.4 Å². The van der Waals surface area contributed by atoms with Crippen LogP contribution in [0.1, 0.15) is 29.7 Å². The van der Waals surface area contributed by atoms with E-state index in [1.54, 1.807) is 23.5 Å². The molecule has 0 bridgehead atoms. The molecule has 0 atom stereocenters. The Balaban J connectivity index is 1.31. The molecular formula is C21H21FN2O4S. The number of carbonyl (C=O) groups excluding carboxylic acids is 1. The van der Waals surface area contributed by atoms with Gasteiger partial charge < -0.3 is 9.47 Å². The van der Waals surface area contributed by atoms with Crippen LogP contribution in [0, 0.1) is 5.82 Å². The minimum absolute atomic E-state index is 0.0113. The van der Waals surface area contributed by atoms with E-state index in [2.05, 4.69) is 4.98 Å². The molecule has 0 saturated carbocycles. The molecule has 0 aliphatic heterocycles. The number of hydrogen-bond acceptors (Lipinski definition) is 6. The van der Waals surface area contributed by atoms with Crippen LogP contribution in [0.15, 0.2) is 35.4 Å². The van der Waals surface area contributed by atoms with E-state index < -0.39 is 11.8 Å². The Hall–Kier alpha value is -2.74. The van der Waals surface area contributed by atoms with Gasteiger partial charge in [-0.2, -0.15) is 0 Å². The fourth-order valence-corrected chi connectivity index (χ4v) is 4.71. The normalized spacial score (nSPS) is 13.3. The molecule has 6 nitrogen and oxygen atoms in total. The van der Waals surface area contributed by atoms with Crippen molar-refractivity contribution < 1.29 is 18.7 Å². The van der Waals surface area contributed by atoms with Crippen LogP contribution in [0.25, 0.3) is 10.2 Å². The van der Waals surface area contributed by atoms with Crippen molar-refractivity contribution in [2.75, 3.05) is 13.2 Å². The number of fused-ring (bicyclic) bond motifs is 3. The number of aryl methyl sites for hydroxylation is 3. The summed E-state index contributed by atoms with van der Waals surface area (Å²) in [7, 11) is 0. The molecule has 2 aromatic heterocycles. The van der Waals surface area contributed by atoms with Gasteiger partial charge >= 0.3 is 5.97 Å². The maximum absolute atomic E-state index is 13.4. The highest BCUT2D eigenvalue weighted by Crippen LogP contribution is 2.33. The summed E-state index contributed by atoms with van der Waals surface area (Å²) in [6, 6.07) is 6.05. The molecule has 0 amide bonds. The third kappa shape index (κ3) is 4.32. The monoisotopic (exact) mass is 416 g/mol. The van der Waals surface area contributed by atoms with E-state index in [4.69, 9.17) is 9.47 Å². The van der Waals surface area contributed by atoms with Crippen molar-refractivity contribution in [3.8, 4) is 5.75 Å². The number of rotatable bonds is 7. The first kappa shape index (κ1) is 19.6. The van der Waals surface area contributed by atoms with Crippen LogP contribution in [0.3, 0.4) is 0 Å². The average molecular weight is 416 g/mol. The van der Waals surface area contributed by atoms with Gasteiger partial charge in [0.15, 0.2) is 11.6 Å². The minimum atomic E-state index is -0.461. The summed E-state index contributed by atoms with van der Waals surface area (Å²) in [6.45, 7) is 0.276. The van der Waals surface area contributed by atoms with Gasteiger partial charge in [0.2, 0.25) is 0 Å². The van der Waals surface area contributed by atoms with Crippen LogP contribution in [-0.2, 0) is 28.9 Å². The highest BCUT2D eigenvalue weighted by Gasteiger charge is 2.20. The van der Waals surface area contributed by atoms with Crippen molar-refractivity contribution in [3.05, 3.63) is 57.2 Å². The van der Waals surface area contributed by atoms with Crippen LogP contribution in [0.5, 0.6) is 5.75 Å². The molecule has 3 aromatic rings. The number of ether oxygens (including phenoxy) is 2. The molecule has 0 N–H and O–H groups in total. The lowest BCUT2D eigenvalue weighted by molar-refractivity contribution is -0.144. The summed E-state index contributed by atoms with van der Waals surface area (Å²) >= 11 is 1.60. The fraction of sp³-hybridized carbons (Fsp3) is 0.381. The summed E-state index contributed by atoms with van der Waals surface area (Å²) in [5.41, 5.74) is 1.04. The first-order valence-electron chi connectivity index (χ1n) is 9.66. The third-order valence-electron chi connectivity index (χ3n) is 4.94. The van der Waals surface area contributed by atoms with E-state index in [1.807, 2.05) is 0 Å². The van der Waals surface area contributed by atoms with E-state index in [9.17, 15) is 14.0 Å². The summed E-state index contributed by atoms with van der Waals surface area (Å²) in [5.74, 6) is -0.785. The fourth-order valence-electron chi connectivity index (χ4n) is 3.49. The average Bonchev–Trinajstić information content (AvgIpc) is 3.11. The largest absolute Gasteiger partial charge is 0.487 e. The third-order valence-corrected chi connectivity index (χ3v) is 6.14. The molecule has 29 heavy (non-hydrogen) atoms. The summed E-state index contributed by atoms with van der Waals surface area (Å²) in [6.07, 6.45) is 5.73. The van der Waals surface area contributed by atoms with Crippen LogP contribution in [0.4, 0.5) is 4.39 Å². The van der Waals surface area contributed by atoms with Gasteiger partial charge in [-0.1, -0.05) is 12.1 Å². The zero-order valence-corrected chi connectivity index (χ0v) is 16.7. The summed E-state index contributed by atoms with van der Waals surface area (Å²) < 4.78 is 25.3. The van der Waals surface area contributed by atoms with Gasteiger partial charge in [-0.05, 0) is 43.4 Å². The van der Waals surface area contributed by atoms with Gasteiger partial charge in [-0.3, -0.25) is 14.2 Å². The molecule has 8 heteroatoms. The Labute approximate surface area is 170 Å². The number of hydrogen-bond donors (Lipinski definition) is 0.